The van der Waals surface area contributed by atoms with Crippen molar-refractivity contribution < 1.29 is 24.0 Å². The number of fused-ring (bicyclic) bond motifs is 1. The zero-order valence-electron chi connectivity index (χ0n) is 32.7. The number of β-lactam (4-membered cyclic amide) rings is 1. The molecule has 0 aliphatic carbocycles. The number of hydrogen-bond donors (Lipinski definition) is 2. The van der Waals surface area contributed by atoms with E-state index >= 15 is 0 Å². The lowest BCUT2D eigenvalue weighted by Crippen LogP contribution is -2.71. The van der Waals surface area contributed by atoms with Gasteiger partial charge >= 0.3 is 5.97 Å². The van der Waals surface area contributed by atoms with Gasteiger partial charge < -0.3 is 20.2 Å². The van der Waals surface area contributed by atoms with Gasteiger partial charge in [-0.3, -0.25) is 14.5 Å². The van der Waals surface area contributed by atoms with Gasteiger partial charge in [0.15, 0.2) is 16.9 Å². The summed E-state index contributed by atoms with van der Waals surface area (Å²) in [6.45, 7) is 3.75. The molecule has 5 aromatic carbocycles. The monoisotopic (exact) mass is 957 g/mol. The maximum Gasteiger partial charge on any atom is 0.356 e. The summed E-state index contributed by atoms with van der Waals surface area (Å²) in [5.41, 5.74) is 4.84. The lowest BCUT2D eigenvalue weighted by Gasteiger charge is -2.49. The summed E-state index contributed by atoms with van der Waals surface area (Å²) in [5, 5.41) is 12.5. The van der Waals surface area contributed by atoms with Crippen LogP contribution in [0.4, 0.5) is 5.13 Å². The number of anilines is 1. The van der Waals surface area contributed by atoms with Crippen LogP contribution in [0.15, 0.2) is 186 Å². The molecule has 2 aliphatic rings. The number of alkyl halides is 1. The van der Waals surface area contributed by atoms with E-state index in [1.54, 1.807) is 5.38 Å². The van der Waals surface area contributed by atoms with Gasteiger partial charge in [0, 0.05) is 15.6 Å². The van der Waals surface area contributed by atoms with Crippen LogP contribution in [0.5, 0.6) is 0 Å². The van der Waals surface area contributed by atoms with Crippen molar-refractivity contribution in [3.05, 3.63) is 214 Å². The maximum atomic E-state index is 14.2. The molecule has 0 saturated carbocycles. The molecule has 61 heavy (non-hydrogen) atoms. The third-order valence-electron chi connectivity index (χ3n) is 10.3. The van der Waals surface area contributed by atoms with Crippen LogP contribution in [-0.4, -0.2) is 61.6 Å². The summed E-state index contributed by atoms with van der Waals surface area (Å²) in [5.74, 6) is -1.21. The van der Waals surface area contributed by atoms with E-state index < -0.39 is 40.8 Å². The highest BCUT2D eigenvalue weighted by atomic mass is 127. The standard InChI is InChI=1S/C48H40IN5O5S2/c1-2-28-58-53-39(38-31-61-47(50-38)52-48(35-22-12-5-13-23-35,36-24-14-6-15-25-36)37-26-16-7-17-27-37)43(55)51-40-44(56)54-41(34(29-49)30-60-45(40)54)46(57)59-42(32-18-8-3-9-19-32)33-20-10-4-11-21-33/h2-27,31,40,42,45H,1,28-30H2,(H,50,52)(H,51,55)/b53-39-. The quantitative estimate of drug-likeness (QED) is 0.0114. The largest absolute Gasteiger partial charge is 0.448 e. The first kappa shape index (κ1) is 41.7. The molecular weight excluding hydrogens is 918 g/mol. The van der Waals surface area contributed by atoms with Crippen molar-refractivity contribution in [2.24, 2.45) is 5.16 Å². The Labute approximate surface area is 375 Å². The van der Waals surface area contributed by atoms with Gasteiger partial charge in [0.25, 0.3) is 11.8 Å². The van der Waals surface area contributed by atoms with Crippen LogP contribution >= 0.6 is 45.7 Å². The van der Waals surface area contributed by atoms with Gasteiger partial charge in [-0.15, -0.1) is 23.1 Å². The Kier molecular flexibility index (Phi) is 13.1. The number of esters is 1. The van der Waals surface area contributed by atoms with Crippen molar-refractivity contribution in [3.8, 4) is 0 Å². The second-order valence-corrected chi connectivity index (χ2v) is 16.8. The van der Waals surface area contributed by atoms with E-state index in [9.17, 15) is 14.4 Å². The first-order valence-electron chi connectivity index (χ1n) is 19.5. The second kappa shape index (κ2) is 19.1. The van der Waals surface area contributed by atoms with Crippen LogP contribution in [0.2, 0.25) is 0 Å². The van der Waals surface area contributed by atoms with Gasteiger partial charge in [0.05, 0.1) is 0 Å². The first-order valence-corrected chi connectivity index (χ1v) is 22.9. The molecule has 306 valence electrons. The molecule has 0 radical (unpaired) electrons. The smallest absolute Gasteiger partial charge is 0.356 e. The van der Waals surface area contributed by atoms with Crippen molar-refractivity contribution >= 4 is 74.3 Å². The molecule has 2 aliphatic heterocycles. The molecule has 13 heteroatoms. The minimum Gasteiger partial charge on any atom is -0.448 e. The van der Waals surface area contributed by atoms with E-state index in [0.717, 1.165) is 33.4 Å². The molecule has 2 amide bonds. The molecule has 1 aromatic heterocycles. The lowest BCUT2D eigenvalue weighted by atomic mass is 9.77. The Morgan fingerprint density at radius 1 is 0.852 bits per heavy atom. The summed E-state index contributed by atoms with van der Waals surface area (Å²) in [6.07, 6.45) is 0.827. The molecule has 10 nitrogen and oxygen atoms in total. The van der Waals surface area contributed by atoms with Gasteiger partial charge in [-0.05, 0) is 33.4 Å². The summed E-state index contributed by atoms with van der Waals surface area (Å²) in [6, 6.07) is 48.4. The summed E-state index contributed by atoms with van der Waals surface area (Å²) >= 11 is 4.99. The van der Waals surface area contributed by atoms with Crippen LogP contribution in [-0.2, 0) is 29.5 Å². The number of rotatable bonds is 16. The Hall–Kier alpha value is -6.03. The van der Waals surface area contributed by atoms with Crippen LogP contribution < -0.4 is 10.6 Å². The highest BCUT2D eigenvalue weighted by Crippen LogP contribution is 2.43. The van der Waals surface area contributed by atoms with Crippen molar-refractivity contribution in [1.29, 1.82) is 0 Å². The number of hydrogen-bond acceptors (Lipinski definition) is 10. The number of oxime groups is 1. The van der Waals surface area contributed by atoms with Crippen LogP contribution in [0.3, 0.4) is 0 Å². The number of halogens is 1. The number of carbonyl (C=O) groups is 3. The number of thiazole rings is 1. The second-order valence-electron chi connectivity index (χ2n) is 14.1. The normalized spacial score (nSPS) is 16.3. The highest BCUT2D eigenvalue weighted by Gasteiger charge is 2.55. The van der Waals surface area contributed by atoms with E-state index in [-0.39, 0.29) is 23.7 Å². The van der Waals surface area contributed by atoms with Crippen molar-refractivity contribution in [2.45, 2.75) is 23.1 Å². The van der Waals surface area contributed by atoms with E-state index in [1.807, 2.05) is 115 Å². The zero-order chi connectivity index (χ0) is 42.2. The summed E-state index contributed by atoms with van der Waals surface area (Å²) in [7, 11) is 0. The Bertz CT molecular complexity index is 2420. The van der Waals surface area contributed by atoms with Gasteiger partial charge in [-0.25, -0.2) is 9.78 Å². The Morgan fingerprint density at radius 3 is 1.89 bits per heavy atom. The minimum atomic E-state index is -0.946. The van der Waals surface area contributed by atoms with Gasteiger partial charge in [-0.2, -0.15) is 0 Å². The zero-order valence-corrected chi connectivity index (χ0v) is 36.5. The van der Waals surface area contributed by atoms with Gasteiger partial charge in [0.1, 0.15) is 35.0 Å². The average Bonchev–Trinajstić information content (AvgIpc) is 3.79. The number of nitrogens with zero attached hydrogens (tertiary/aromatic N) is 3. The first-order chi connectivity index (χ1) is 29.9. The molecule has 3 heterocycles. The number of carbonyl (C=O) groups excluding carboxylic acids is 3. The third kappa shape index (κ3) is 8.63. The Balaban J connectivity index is 1.05. The van der Waals surface area contributed by atoms with E-state index in [4.69, 9.17) is 14.6 Å². The average molecular weight is 958 g/mol. The Morgan fingerprint density at radius 2 is 1.38 bits per heavy atom. The molecule has 0 bridgehead atoms. The number of thioether (sulfide) groups is 1. The van der Waals surface area contributed by atoms with Crippen LogP contribution in [0, 0.1) is 0 Å². The fourth-order valence-electron chi connectivity index (χ4n) is 7.47. The fourth-order valence-corrected chi connectivity index (χ4v) is 10.6. The third-order valence-corrected chi connectivity index (χ3v) is 13.4. The van der Waals surface area contributed by atoms with E-state index in [2.05, 4.69) is 81.4 Å². The molecule has 1 fully saturated rings. The number of amides is 2. The van der Waals surface area contributed by atoms with Gasteiger partial charge in [0.2, 0.25) is 0 Å². The van der Waals surface area contributed by atoms with Crippen molar-refractivity contribution in [1.82, 2.24) is 15.2 Å². The molecule has 6 aromatic rings. The maximum absolute atomic E-state index is 14.2. The predicted octanol–water partition coefficient (Wildman–Crippen LogP) is 8.88. The predicted molar refractivity (Wildman–Crippen MR) is 249 cm³/mol. The summed E-state index contributed by atoms with van der Waals surface area (Å²) in [4.78, 5) is 54.3. The molecule has 8 rings (SSSR count). The molecular formula is C48H40IN5O5S2. The van der Waals surface area contributed by atoms with Crippen LogP contribution in [0.25, 0.3) is 0 Å². The number of ether oxygens (including phenoxy) is 1. The topological polar surface area (TPSA) is 122 Å². The number of nitrogens with one attached hydrogen (secondary N) is 2. The number of aromatic nitrogens is 1. The van der Waals surface area contributed by atoms with Gasteiger partial charge in [-0.1, -0.05) is 192 Å². The lowest BCUT2D eigenvalue weighted by molar-refractivity contribution is -0.154. The molecule has 0 spiro atoms. The molecule has 2 unspecified atom stereocenters. The van der Waals surface area contributed by atoms with Crippen molar-refractivity contribution in [3.63, 3.8) is 0 Å². The molecule has 2 atom stereocenters. The minimum absolute atomic E-state index is 0.0437. The summed E-state index contributed by atoms with van der Waals surface area (Å²) < 4.78 is 6.75. The van der Waals surface area contributed by atoms with E-state index in [0.29, 0.717) is 15.3 Å². The highest BCUT2D eigenvalue weighted by molar-refractivity contribution is 14.1. The molecule has 1 saturated heterocycles. The fraction of sp³-hybridized carbons (Fsp3) is 0.146. The number of benzene rings is 5. The molecule has 2 N–H and O–H groups in total. The van der Waals surface area contributed by atoms with E-state index in [1.165, 1.54) is 34.1 Å². The SMILES string of the molecule is C=CCO/N=C(\C(=O)NC1C(=O)N2C(C(=O)OC(c3ccccc3)c3ccccc3)=C(CI)CSC12)c1csc(NC(c2ccccc2)(c2ccccc2)c2ccccc2)n1. The van der Waals surface area contributed by atoms with Crippen molar-refractivity contribution in [2.75, 3.05) is 22.1 Å². The van der Waals surface area contributed by atoms with Crippen LogP contribution in [0.1, 0.15) is 39.6 Å².